The van der Waals surface area contributed by atoms with Crippen LogP contribution in [0.4, 0.5) is 11.4 Å². The number of hydrogen-bond acceptors (Lipinski definition) is 5. The van der Waals surface area contributed by atoms with Crippen molar-refractivity contribution in [3.63, 3.8) is 0 Å². The molecule has 6 heteroatoms. The van der Waals surface area contributed by atoms with Crippen molar-refractivity contribution < 1.29 is 9.66 Å². The smallest absolute Gasteiger partial charge is 0.312 e. The number of benzene rings is 1. The summed E-state index contributed by atoms with van der Waals surface area (Å²) in [5.41, 5.74) is 2.57. The lowest BCUT2D eigenvalue weighted by atomic mass is 10.2. The highest BCUT2D eigenvalue weighted by Gasteiger charge is 2.14. The Hall–Kier alpha value is -2.63. The van der Waals surface area contributed by atoms with Gasteiger partial charge < -0.3 is 10.1 Å². The number of anilines is 1. The third-order valence-electron chi connectivity index (χ3n) is 2.84. The molecule has 0 radical (unpaired) electrons. The molecule has 20 heavy (non-hydrogen) atoms. The number of methoxy groups -OCH3 is 1. The Morgan fingerprint density at radius 2 is 2.15 bits per heavy atom. The van der Waals surface area contributed by atoms with Crippen molar-refractivity contribution >= 4 is 11.4 Å². The second kappa shape index (κ2) is 6.01. The molecule has 0 aliphatic heterocycles. The predicted molar refractivity (Wildman–Crippen MR) is 75.9 cm³/mol. The van der Waals surface area contributed by atoms with E-state index in [1.54, 1.807) is 18.3 Å². The van der Waals surface area contributed by atoms with E-state index >= 15 is 0 Å². The zero-order valence-corrected chi connectivity index (χ0v) is 11.3. The largest absolute Gasteiger partial charge is 0.490 e. The van der Waals surface area contributed by atoms with E-state index in [2.05, 4.69) is 10.3 Å². The van der Waals surface area contributed by atoms with Crippen LogP contribution < -0.4 is 10.1 Å². The van der Waals surface area contributed by atoms with Crippen molar-refractivity contribution in [2.75, 3.05) is 12.4 Å². The summed E-state index contributed by atoms with van der Waals surface area (Å²) < 4.78 is 4.96. The molecule has 1 heterocycles. The first-order valence-corrected chi connectivity index (χ1v) is 6.08. The minimum atomic E-state index is -0.461. The number of nitrogens with zero attached hydrogens (tertiary/aromatic N) is 2. The van der Waals surface area contributed by atoms with Crippen molar-refractivity contribution in [1.29, 1.82) is 0 Å². The molecule has 0 fully saturated rings. The summed E-state index contributed by atoms with van der Waals surface area (Å²) >= 11 is 0. The Morgan fingerprint density at radius 1 is 1.35 bits per heavy atom. The van der Waals surface area contributed by atoms with Crippen LogP contribution in [0.15, 0.2) is 36.5 Å². The van der Waals surface area contributed by atoms with Gasteiger partial charge in [0, 0.05) is 30.2 Å². The lowest BCUT2D eigenvalue weighted by Crippen LogP contribution is -2.01. The summed E-state index contributed by atoms with van der Waals surface area (Å²) in [6.07, 6.45) is 1.78. The number of nitro benzene ring substituents is 1. The molecule has 0 atom stereocenters. The molecule has 0 aliphatic carbocycles. The van der Waals surface area contributed by atoms with Crippen LogP contribution in [0.2, 0.25) is 0 Å². The summed E-state index contributed by atoms with van der Waals surface area (Å²) in [7, 11) is 1.41. The van der Waals surface area contributed by atoms with E-state index in [4.69, 9.17) is 4.74 Å². The lowest BCUT2D eigenvalue weighted by Gasteiger charge is -2.08. The van der Waals surface area contributed by atoms with E-state index in [0.717, 1.165) is 11.3 Å². The van der Waals surface area contributed by atoms with Gasteiger partial charge in [-0.3, -0.25) is 15.1 Å². The third-order valence-corrected chi connectivity index (χ3v) is 2.84. The first kappa shape index (κ1) is 13.8. The third kappa shape index (κ3) is 3.23. The summed E-state index contributed by atoms with van der Waals surface area (Å²) in [5.74, 6) is 0.248. The van der Waals surface area contributed by atoms with E-state index in [9.17, 15) is 10.1 Å². The first-order chi connectivity index (χ1) is 9.60. The van der Waals surface area contributed by atoms with Crippen molar-refractivity contribution in [1.82, 2.24) is 4.98 Å². The number of hydrogen-bond donors (Lipinski definition) is 1. The zero-order chi connectivity index (χ0) is 14.5. The number of aryl methyl sites for hydroxylation is 1. The Labute approximate surface area is 116 Å². The van der Waals surface area contributed by atoms with Gasteiger partial charge in [-0.05, 0) is 30.7 Å². The molecule has 0 saturated carbocycles. The standard InChI is InChI=1S/C14H15N3O3/c1-10-3-4-11(8-15-10)9-16-12-5-6-14(20-2)13(7-12)17(18)19/h3-8,16H,9H2,1-2H3. The average molecular weight is 273 g/mol. The molecule has 0 spiro atoms. The molecule has 1 aromatic heterocycles. The fraction of sp³-hybridized carbons (Fsp3) is 0.214. The molecule has 2 rings (SSSR count). The Kier molecular flexibility index (Phi) is 4.14. The van der Waals surface area contributed by atoms with Crippen LogP contribution in [0.3, 0.4) is 0 Å². The second-order valence-electron chi connectivity index (χ2n) is 4.31. The van der Waals surface area contributed by atoms with E-state index in [1.165, 1.54) is 13.2 Å². The van der Waals surface area contributed by atoms with Crippen LogP contribution in [0.1, 0.15) is 11.3 Å². The van der Waals surface area contributed by atoms with Gasteiger partial charge in [-0.25, -0.2) is 0 Å². The molecule has 2 aromatic rings. The minimum absolute atomic E-state index is 0.0560. The second-order valence-corrected chi connectivity index (χ2v) is 4.31. The van der Waals surface area contributed by atoms with Crippen molar-refractivity contribution in [2.24, 2.45) is 0 Å². The van der Waals surface area contributed by atoms with Gasteiger partial charge in [-0.15, -0.1) is 0 Å². The summed E-state index contributed by atoms with van der Waals surface area (Å²) in [5, 5.41) is 14.1. The summed E-state index contributed by atoms with van der Waals surface area (Å²) in [4.78, 5) is 14.7. The zero-order valence-electron chi connectivity index (χ0n) is 11.3. The Bertz CT molecular complexity index is 612. The molecule has 6 nitrogen and oxygen atoms in total. The van der Waals surface area contributed by atoms with Crippen LogP contribution in [0.25, 0.3) is 0 Å². The maximum atomic E-state index is 10.9. The number of ether oxygens (including phenoxy) is 1. The highest BCUT2D eigenvalue weighted by atomic mass is 16.6. The SMILES string of the molecule is COc1ccc(NCc2ccc(C)nc2)cc1[N+](=O)[O-]. The van der Waals surface area contributed by atoms with Crippen LogP contribution in [-0.2, 0) is 6.54 Å². The number of nitrogens with one attached hydrogen (secondary N) is 1. The van der Waals surface area contributed by atoms with Crippen LogP contribution in [0, 0.1) is 17.0 Å². The van der Waals surface area contributed by atoms with Gasteiger partial charge in [0.25, 0.3) is 0 Å². The molecule has 0 aliphatic rings. The van der Waals surface area contributed by atoms with Crippen molar-refractivity contribution in [2.45, 2.75) is 13.5 Å². The van der Waals surface area contributed by atoms with Crippen molar-refractivity contribution in [3.05, 3.63) is 57.9 Å². The van der Waals surface area contributed by atoms with E-state index in [0.29, 0.717) is 12.2 Å². The lowest BCUT2D eigenvalue weighted by molar-refractivity contribution is -0.385. The minimum Gasteiger partial charge on any atom is -0.490 e. The average Bonchev–Trinajstić information content (AvgIpc) is 2.46. The number of nitro groups is 1. The van der Waals surface area contributed by atoms with Crippen LogP contribution >= 0.6 is 0 Å². The molecule has 0 bridgehead atoms. The number of pyridine rings is 1. The molecular weight excluding hydrogens is 258 g/mol. The van der Waals surface area contributed by atoms with Gasteiger partial charge in [0.2, 0.25) is 0 Å². The van der Waals surface area contributed by atoms with E-state index < -0.39 is 4.92 Å². The van der Waals surface area contributed by atoms with Crippen LogP contribution in [0.5, 0.6) is 5.75 Å². The highest BCUT2D eigenvalue weighted by Crippen LogP contribution is 2.29. The molecule has 0 unspecified atom stereocenters. The van der Waals surface area contributed by atoms with E-state index in [1.807, 2.05) is 19.1 Å². The van der Waals surface area contributed by atoms with Gasteiger partial charge in [-0.2, -0.15) is 0 Å². The predicted octanol–water partition coefficient (Wildman–Crippen LogP) is 2.92. The normalized spacial score (nSPS) is 10.1. The first-order valence-electron chi connectivity index (χ1n) is 6.08. The maximum absolute atomic E-state index is 10.9. The number of aromatic nitrogens is 1. The fourth-order valence-electron chi connectivity index (χ4n) is 1.75. The topological polar surface area (TPSA) is 77.3 Å². The number of rotatable bonds is 5. The summed E-state index contributed by atoms with van der Waals surface area (Å²) in [6, 6.07) is 8.67. The maximum Gasteiger partial charge on any atom is 0.312 e. The van der Waals surface area contributed by atoms with Crippen LogP contribution in [-0.4, -0.2) is 17.0 Å². The molecule has 0 amide bonds. The van der Waals surface area contributed by atoms with Gasteiger partial charge in [0.05, 0.1) is 12.0 Å². The van der Waals surface area contributed by atoms with Gasteiger partial charge in [0.15, 0.2) is 5.75 Å². The van der Waals surface area contributed by atoms with Gasteiger partial charge >= 0.3 is 5.69 Å². The fourth-order valence-corrected chi connectivity index (χ4v) is 1.75. The summed E-state index contributed by atoms with van der Waals surface area (Å²) in [6.45, 7) is 2.47. The molecule has 1 N–H and O–H groups in total. The van der Waals surface area contributed by atoms with Gasteiger partial charge in [0.1, 0.15) is 0 Å². The molecule has 1 aromatic carbocycles. The monoisotopic (exact) mass is 273 g/mol. The molecule has 0 saturated heterocycles. The Morgan fingerprint density at radius 3 is 2.75 bits per heavy atom. The molecule has 104 valence electrons. The van der Waals surface area contributed by atoms with Gasteiger partial charge in [-0.1, -0.05) is 6.07 Å². The Balaban J connectivity index is 2.11. The quantitative estimate of drug-likeness (QED) is 0.669. The van der Waals surface area contributed by atoms with Crippen molar-refractivity contribution in [3.8, 4) is 5.75 Å². The molecular formula is C14H15N3O3. The highest BCUT2D eigenvalue weighted by molar-refractivity contribution is 5.58. The van der Waals surface area contributed by atoms with E-state index in [-0.39, 0.29) is 11.4 Å².